The molecule has 2 aliphatic rings. The molecule has 0 bridgehead atoms. The van der Waals surface area contributed by atoms with E-state index >= 15 is 0 Å². The second-order valence-electron chi connectivity index (χ2n) is 8.31. The van der Waals surface area contributed by atoms with Crippen molar-refractivity contribution in [2.24, 2.45) is 11.8 Å². The van der Waals surface area contributed by atoms with Gasteiger partial charge in [-0.25, -0.2) is 0 Å². The molecule has 5 heteroatoms. The van der Waals surface area contributed by atoms with Crippen LogP contribution in [-0.4, -0.2) is 33.2 Å². The van der Waals surface area contributed by atoms with E-state index < -0.39 is 0 Å². The van der Waals surface area contributed by atoms with E-state index in [-0.39, 0.29) is 23.3 Å². The Hall–Kier alpha value is -2.53. The summed E-state index contributed by atoms with van der Waals surface area (Å²) in [6.07, 6.45) is 7.90. The SMILES string of the molecule is C=C(C)[C@@H]1CCC(C)=C[C@H]1c1c(O)cc(-c2cnn(CC3COC3)c2)cc1O. The molecule has 1 aromatic heterocycles. The number of phenolic OH excluding ortho intramolecular Hbond substituents is 2. The predicted molar refractivity (Wildman–Crippen MR) is 109 cm³/mol. The molecule has 1 aliphatic heterocycles. The number of rotatable bonds is 5. The minimum absolute atomic E-state index is 0.0540. The first-order valence-electron chi connectivity index (χ1n) is 9.91. The van der Waals surface area contributed by atoms with Crippen LogP contribution >= 0.6 is 0 Å². The smallest absolute Gasteiger partial charge is 0.123 e. The zero-order chi connectivity index (χ0) is 19.8. The summed E-state index contributed by atoms with van der Waals surface area (Å²) in [7, 11) is 0. The molecule has 2 N–H and O–H groups in total. The average molecular weight is 380 g/mol. The van der Waals surface area contributed by atoms with E-state index in [1.165, 1.54) is 5.57 Å². The van der Waals surface area contributed by atoms with Gasteiger partial charge in [-0.1, -0.05) is 23.8 Å². The van der Waals surface area contributed by atoms with Crippen molar-refractivity contribution in [3.8, 4) is 22.6 Å². The van der Waals surface area contributed by atoms with Crippen molar-refractivity contribution >= 4 is 0 Å². The van der Waals surface area contributed by atoms with Gasteiger partial charge in [0.2, 0.25) is 0 Å². The molecule has 0 amide bonds. The van der Waals surface area contributed by atoms with Crippen molar-refractivity contribution in [2.45, 2.75) is 39.2 Å². The van der Waals surface area contributed by atoms with Gasteiger partial charge in [0.15, 0.2) is 0 Å². The summed E-state index contributed by atoms with van der Waals surface area (Å²) in [6.45, 7) is 10.6. The van der Waals surface area contributed by atoms with Gasteiger partial charge in [-0.3, -0.25) is 4.68 Å². The summed E-state index contributed by atoms with van der Waals surface area (Å²) >= 11 is 0. The van der Waals surface area contributed by atoms with Crippen molar-refractivity contribution in [3.63, 3.8) is 0 Å². The summed E-state index contributed by atoms with van der Waals surface area (Å²) in [6, 6.07) is 3.46. The van der Waals surface area contributed by atoms with Crippen molar-refractivity contribution in [1.82, 2.24) is 9.78 Å². The second-order valence-corrected chi connectivity index (χ2v) is 8.31. The Bertz CT molecular complexity index is 901. The van der Waals surface area contributed by atoms with Crippen molar-refractivity contribution < 1.29 is 14.9 Å². The van der Waals surface area contributed by atoms with Crippen LogP contribution in [-0.2, 0) is 11.3 Å². The molecule has 0 spiro atoms. The number of hydrogen-bond donors (Lipinski definition) is 2. The predicted octanol–water partition coefficient (Wildman–Crippen LogP) is 4.62. The number of benzene rings is 1. The van der Waals surface area contributed by atoms with E-state index in [9.17, 15) is 10.2 Å². The highest BCUT2D eigenvalue weighted by Crippen LogP contribution is 2.47. The average Bonchev–Trinajstić information content (AvgIpc) is 3.06. The van der Waals surface area contributed by atoms with Crippen LogP contribution in [0.15, 0.2) is 48.3 Å². The summed E-state index contributed by atoms with van der Waals surface area (Å²) < 4.78 is 7.11. The van der Waals surface area contributed by atoms with Crippen molar-refractivity contribution in [1.29, 1.82) is 0 Å². The number of aromatic nitrogens is 2. The highest BCUT2D eigenvalue weighted by Gasteiger charge is 2.30. The summed E-state index contributed by atoms with van der Waals surface area (Å²) in [5, 5.41) is 26.0. The van der Waals surface area contributed by atoms with E-state index in [1.54, 1.807) is 18.3 Å². The van der Waals surface area contributed by atoms with Crippen LogP contribution in [0.1, 0.15) is 38.2 Å². The Labute approximate surface area is 166 Å². The number of aromatic hydroxyl groups is 2. The van der Waals surface area contributed by atoms with E-state index in [2.05, 4.69) is 24.7 Å². The lowest BCUT2D eigenvalue weighted by molar-refractivity contribution is -0.0408. The third-order valence-electron chi connectivity index (χ3n) is 5.97. The van der Waals surface area contributed by atoms with Crippen LogP contribution < -0.4 is 0 Å². The molecule has 2 aromatic rings. The normalized spacial score (nSPS) is 22.6. The molecular formula is C23H28N2O3. The first kappa shape index (κ1) is 18.8. The first-order chi connectivity index (χ1) is 13.4. The molecule has 0 radical (unpaired) electrons. The molecule has 28 heavy (non-hydrogen) atoms. The fourth-order valence-corrected chi connectivity index (χ4v) is 4.30. The molecule has 1 aromatic carbocycles. The van der Waals surface area contributed by atoms with Gasteiger partial charge in [0, 0.05) is 35.7 Å². The van der Waals surface area contributed by atoms with Gasteiger partial charge in [0.1, 0.15) is 11.5 Å². The van der Waals surface area contributed by atoms with Gasteiger partial charge in [-0.2, -0.15) is 5.10 Å². The van der Waals surface area contributed by atoms with Gasteiger partial charge in [-0.05, 0) is 50.3 Å². The molecule has 1 saturated heterocycles. The largest absolute Gasteiger partial charge is 0.507 e. The molecule has 2 heterocycles. The summed E-state index contributed by atoms with van der Waals surface area (Å²) in [4.78, 5) is 0. The summed E-state index contributed by atoms with van der Waals surface area (Å²) in [5.41, 5.74) is 4.60. The maximum atomic E-state index is 10.8. The van der Waals surface area contributed by atoms with Gasteiger partial charge >= 0.3 is 0 Å². The van der Waals surface area contributed by atoms with Crippen molar-refractivity contribution in [3.05, 3.63) is 53.9 Å². The molecule has 1 aliphatic carbocycles. The monoisotopic (exact) mass is 380 g/mol. The third kappa shape index (κ3) is 3.59. The topological polar surface area (TPSA) is 67.5 Å². The van der Waals surface area contributed by atoms with Gasteiger partial charge in [0.25, 0.3) is 0 Å². The van der Waals surface area contributed by atoms with Crippen molar-refractivity contribution in [2.75, 3.05) is 13.2 Å². The van der Waals surface area contributed by atoms with E-state index in [0.29, 0.717) is 11.5 Å². The van der Waals surface area contributed by atoms with Gasteiger partial charge < -0.3 is 14.9 Å². The maximum absolute atomic E-state index is 10.8. The molecular weight excluding hydrogens is 352 g/mol. The molecule has 4 rings (SSSR count). The number of ether oxygens (including phenoxy) is 1. The zero-order valence-electron chi connectivity index (χ0n) is 16.6. The highest BCUT2D eigenvalue weighted by molar-refractivity contribution is 5.68. The maximum Gasteiger partial charge on any atom is 0.123 e. The zero-order valence-corrected chi connectivity index (χ0v) is 16.6. The standard InChI is InChI=1S/C23H28N2O3/c1-14(2)19-5-4-15(3)6-20(19)23-21(26)7-17(8-22(23)27)18-9-24-25(11-18)10-16-12-28-13-16/h6-9,11,16,19-20,26-27H,1,4-5,10,12-13H2,2-3H3/t19-,20+/m0/s1. The second kappa shape index (κ2) is 7.47. The van der Waals surface area contributed by atoms with Gasteiger partial charge in [-0.15, -0.1) is 0 Å². The third-order valence-corrected chi connectivity index (χ3v) is 5.97. The molecule has 0 saturated carbocycles. The lowest BCUT2D eigenvalue weighted by Gasteiger charge is -2.31. The van der Waals surface area contributed by atoms with E-state index in [0.717, 1.165) is 49.3 Å². The molecule has 2 atom stereocenters. The lowest BCUT2D eigenvalue weighted by Crippen LogP contribution is -2.31. The quantitative estimate of drug-likeness (QED) is 0.743. The fourth-order valence-electron chi connectivity index (χ4n) is 4.30. The van der Waals surface area contributed by atoms with Crippen LogP contribution in [0.2, 0.25) is 0 Å². The minimum atomic E-state index is -0.0540. The Kier molecular flexibility index (Phi) is 5.02. The Morgan fingerprint density at radius 1 is 1.25 bits per heavy atom. The number of nitrogens with zero attached hydrogens (tertiary/aromatic N) is 2. The highest BCUT2D eigenvalue weighted by atomic mass is 16.5. The van der Waals surface area contributed by atoms with E-state index in [4.69, 9.17) is 4.74 Å². The van der Waals surface area contributed by atoms with Crippen LogP contribution in [0, 0.1) is 11.8 Å². The molecule has 0 unspecified atom stereocenters. The van der Waals surface area contributed by atoms with E-state index in [1.807, 2.05) is 17.8 Å². The minimum Gasteiger partial charge on any atom is -0.507 e. The number of phenols is 2. The van der Waals surface area contributed by atoms with Crippen LogP contribution in [0.5, 0.6) is 11.5 Å². The van der Waals surface area contributed by atoms with Crippen LogP contribution in [0.3, 0.4) is 0 Å². The molecule has 1 fully saturated rings. The molecule has 5 nitrogen and oxygen atoms in total. The number of allylic oxidation sites excluding steroid dienone is 3. The Morgan fingerprint density at radius 2 is 1.96 bits per heavy atom. The molecule has 148 valence electrons. The van der Waals surface area contributed by atoms with Crippen LogP contribution in [0.25, 0.3) is 11.1 Å². The number of hydrogen-bond acceptors (Lipinski definition) is 4. The lowest BCUT2D eigenvalue weighted by atomic mass is 9.73. The fraction of sp³-hybridized carbons (Fsp3) is 0.435. The summed E-state index contributed by atoms with van der Waals surface area (Å²) in [5.74, 6) is 0.924. The first-order valence-corrected chi connectivity index (χ1v) is 9.91. The Morgan fingerprint density at radius 3 is 2.57 bits per heavy atom. The van der Waals surface area contributed by atoms with Gasteiger partial charge in [0.05, 0.1) is 19.4 Å². The Balaban J connectivity index is 1.65. The van der Waals surface area contributed by atoms with Crippen LogP contribution in [0.4, 0.5) is 0 Å².